The van der Waals surface area contributed by atoms with Crippen LogP contribution in [0, 0.1) is 5.92 Å². The van der Waals surface area contributed by atoms with Gasteiger partial charge in [0.05, 0.1) is 16.9 Å². The van der Waals surface area contributed by atoms with E-state index in [-0.39, 0.29) is 5.41 Å². The van der Waals surface area contributed by atoms with Gasteiger partial charge >= 0.3 is 0 Å². The van der Waals surface area contributed by atoms with Crippen molar-refractivity contribution in [3.05, 3.63) is 198 Å². The second-order valence-electron chi connectivity index (χ2n) is 14.5. The maximum absolute atomic E-state index is 5.11. The van der Waals surface area contributed by atoms with Gasteiger partial charge in [-0.05, 0) is 100 Å². The summed E-state index contributed by atoms with van der Waals surface area (Å²) in [5, 5.41) is 1.13. The number of hydrogen-bond acceptors (Lipinski definition) is 2. The summed E-state index contributed by atoms with van der Waals surface area (Å²) in [7, 11) is 0. The molecule has 2 heteroatoms. The fourth-order valence-electron chi connectivity index (χ4n) is 7.97. The highest BCUT2D eigenvalue weighted by Gasteiger charge is 2.44. The number of para-hydroxylation sites is 1. The third-order valence-corrected chi connectivity index (χ3v) is 10.8. The van der Waals surface area contributed by atoms with E-state index in [0.29, 0.717) is 11.8 Å². The van der Waals surface area contributed by atoms with Crippen LogP contribution in [0.1, 0.15) is 61.4 Å². The largest absolute Gasteiger partial charge is 0.256 e. The molecule has 248 valence electrons. The van der Waals surface area contributed by atoms with Gasteiger partial charge < -0.3 is 0 Å². The van der Waals surface area contributed by atoms with E-state index >= 15 is 0 Å². The van der Waals surface area contributed by atoms with E-state index in [4.69, 9.17) is 9.98 Å². The number of rotatable bonds is 7. The summed E-state index contributed by atoms with van der Waals surface area (Å²) < 4.78 is 0. The van der Waals surface area contributed by atoms with Crippen LogP contribution in [0.2, 0.25) is 0 Å². The molecular weight excluding hydrogens is 617 g/mol. The summed E-state index contributed by atoms with van der Waals surface area (Å²) in [4.78, 5) is 9.95. The molecule has 0 amide bonds. The molecule has 5 aromatic carbocycles. The molecule has 0 spiro atoms. The fraction of sp³-hybridized carbons (Fsp3) is 0.143. The number of allylic oxidation sites excluding steroid dienone is 6. The van der Waals surface area contributed by atoms with Crippen LogP contribution in [0.3, 0.4) is 0 Å². The molecule has 2 aliphatic rings. The monoisotopic (exact) mass is 658 g/mol. The molecule has 0 aliphatic heterocycles. The molecule has 2 unspecified atom stereocenters. The van der Waals surface area contributed by atoms with Crippen LogP contribution < -0.4 is 0 Å². The SMILES string of the molecule is C=C(/N=C(\C=C(/C)c1cc(-c2ccc3c(c2)C(C)(C)C2C=C(C)C=CC32)cc(-c2cccc3cccnc23)c1)c1ccccc1)c1ccccc1. The van der Waals surface area contributed by atoms with Gasteiger partial charge in [0.2, 0.25) is 0 Å². The van der Waals surface area contributed by atoms with Crippen molar-refractivity contribution in [2.45, 2.75) is 39.0 Å². The van der Waals surface area contributed by atoms with Crippen molar-refractivity contribution in [2.24, 2.45) is 10.9 Å². The average Bonchev–Trinajstić information content (AvgIpc) is 3.39. The molecular formula is C49H42N2. The first-order chi connectivity index (χ1) is 24.8. The van der Waals surface area contributed by atoms with Crippen LogP contribution in [0.15, 0.2) is 175 Å². The summed E-state index contributed by atoms with van der Waals surface area (Å²) in [5.41, 5.74) is 15.9. The Balaban J connectivity index is 1.29. The van der Waals surface area contributed by atoms with Gasteiger partial charge in [-0.2, -0.15) is 0 Å². The summed E-state index contributed by atoms with van der Waals surface area (Å²) >= 11 is 0. The van der Waals surface area contributed by atoms with Crippen molar-refractivity contribution >= 4 is 27.9 Å². The molecule has 6 aromatic rings. The topological polar surface area (TPSA) is 25.2 Å². The second-order valence-corrected chi connectivity index (χ2v) is 14.5. The maximum Gasteiger partial charge on any atom is 0.0780 e. The van der Waals surface area contributed by atoms with Gasteiger partial charge in [0.1, 0.15) is 0 Å². The van der Waals surface area contributed by atoms with Gasteiger partial charge in [-0.1, -0.05) is 147 Å². The second kappa shape index (κ2) is 13.1. The van der Waals surface area contributed by atoms with Gasteiger partial charge in [0.25, 0.3) is 0 Å². The van der Waals surface area contributed by atoms with Gasteiger partial charge in [-0.25, -0.2) is 4.99 Å². The highest BCUT2D eigenvalue weighted by atomic mass is 14.8. The smallest absolute Gasteiger partial charge is 0.0780 e. The summed E-state index contributed by atoms with van der Waals surface area (Å²) in [5.74, 6) is 0.880. The predicted octanol–water partition coefficient (Wildman–Crippen LogP) is 12.6. The average molecular weight is 659 g/mol. The first kappa shape index (κ1) is 32.4. The quantitative estimate of drug-likeness (QED) is 0.157. The molecule has 0 bridgehead atoms. The van der Waals surface area contributed by atoms with Crippen molar-refractivity contribution in [3.8, 4) is 22.3 Å². The van der Waals surface area contributed by atoms with E-state index in [9.17, 15) is 0 Å². The Bertz CT molecular complexity index is 2420. The van der Waals surface area contributed by atoms with Crippen molar-refractivity contribution in [1.29, 1.82) is 0 Å². The zero-order valence-electron chi connectivity index (χ0n) is 29.8. The predicted molar refractivity (Wildman–Crippen MR) is 217 cm³/mol. The highest BCUT2D eigenvalue weighted by molar-refractivity contribution is 6.14. The van der Waals surface area contributed by atoms with Gasteiger partial charge in [0, 0.05) is 28.6 Å². The lowest BCUT2D eigenvalue weighted by Gasteiger charge is -2.30. The molecule has 1 aromatic heterocycles. The minimum Gasteiger partial charge on any atom is -0.256 e. The van der Waals surface area contributed by atoms with Crippen LogP contribution in [0.25, 0.3) is 44.4 Å². The van der Waals surface area contributed by atoms with Crippen LogP contribution in [0.5, 0.6) is 0 Å². The lowest BCUT2D eigenvalue weighted by Crippen LogP contribution is -2.25. The minimum atomic E-state index is 0.0278. The molecule has 2 nitrogen and oxygen atoms in total. The normalized spacial score (nSPS) is 17.9. The molecule has 0 radical (unpaired) electrons. The number of pyridine rings is 1. The standard InChI is InChI=1S/C49H42N2/c1-32-21-23-43-44-24-22-38(31-46(44)49(4,5)45(43)26-32)40-28-39(29-41(30-40)42-20-12-18-37-19-13-25-50-48(37)42)33(2)27-47(36-16-10-7-11-17-36)51-34(3)35-14-8-6-9-15-35/h6-31,43,45H,3H2,1-2,4-5H3/b33-27+,51-47+. The highest BCUT2D eigenvalue weighted by Crippen LogP contribution is 2.54. The molecule has 0 N–H and O–H groups in total. The van der Waals surface area contributed by atoms with E-state index in [2.05, 4.69) is 156 Å². The Morgan fingerprint density at radius 3 is 2.25 bits per heavy atom. The van der Waals surface area contributed by atoms with Crippen LogP contribution in [-0.2, 0) is 5.41 Å². The zero-order chi connectivity index (χ0) is 35.1. The Labute approximate surface area is 302 Å². The number of hydrogen-bond donors (Lipinski definition) is 0. The van der Waals surface area contributed by atoms with Gasteiger partial charge in [0.15, 0.2) is 0 Å². The van der Waals surface area contributed by atoms with Crippen LogP contribution in [0.4, 0.5) is 0 Å². The third-order valence-electron chi connectivity index (χ3n) is 10.8. The van der Waals surface area contributed by atoms with E-state index in [1.54, 1.807) is 0 Å². The fourth-order valence-corrected chi connectivity index (χ4v) is 7.97. The molecule has 0 fully saturated rings. The minimum absolute atomic E-state index is 0.0278. The van der Waals surface area contributed by atoms with Gasteiger partial charge in [-0.15, -0.1) is 0 Å². The number of nitrogens with zero attached hydrogens (tertiary/aromatic N) is 2. The van der Waals surface area contributed by atoms with Crippen molar-refractivity contribution < 1.29 is 0 Å². The summed E-state index contributed by atoms with van der Waals surface area (Å²) in [6.45, 7) is 13.6. The first-order valence-corrected chi connectivity index (χ1v) is 17.8. The third kappa shape index (κ3) is 6.12. The molecule has 2 atom stereocenters. The van der Waals surface area contributed by atoms with E-state index in [0.717, 1.165) is 55.7 Å². The molecule has 8 rings (SSSR count). The number of aromatic nitrogens is 1. The van der Waals surface area contributed by atoms with E-state index in [1.807, 2.05) is 36.5 Å². The Morgan fingerprint density at radius 2 is 1.47 bits per heavy atom. The molecule has 2 aliphatic carbocycles. The van der Waals surface area contributed by atoms with Crippen molar-refractivity contribution in [1.82, 2.24) is 4.98 Å². The molecule has 0 saturated carbocycles. The molecule has 0 saturated heterocycles. The number of aliphatic imine (C=N–C) groups is 1. The van der Waals surface area contributed by atoms with Crippen LogP contribution in [-0.4, -0.2) is 10.7 Å². The first-order valence-electron chi connectivity index (χ1n) is 17.8. The Morgan fingerprint density at radius 1 is 0.745 bits per heavy atom. The Hall–Kier alpha value is -5.86. The Kier molecular flexibility index (Phi) is 8.32. The van der Waals surface area contributed by atoms with Crippen molar-refractivity contribution in [2.75, 3.05) is 0 Å². The van der Waals surface area contributed by atoms with Crippen LogP contribution >= 0.6 is 0 Å². The summed E-state index contributed by atoms with van der Waals surface area (Å²) in [6.07, 6.45) is 11.3. The van der Waals surface area contributed by atoms with Gasteiger partial charge in [-0.3, -0.25) is 4.98 Å². The lowest BCUT2D eigenvalue weighted by molar-refractivity contribution is 0.392. The lowest BCUT2D eigenvalue weighted by atomic mass is 9.73. The van der Waals surface area contributed by atoms with E-state index < -0.39 is 0 Å². The zero-order valence-corrected chi connectivity index (χ0v) is 29.8. The number of fused-ring (bicyclic) bond motifs is 4. The summed E-state index contributed by atoms with van der Waals surface area (Å²) in [6, 6.07) is 45.3. The maximum atomic E-state index is 5.11. The van der Waals surface area contributed by atoms with Crippen molar-refractivity contribution in [3.63, 3.8) is 0 Å². The molecule has 1 heterocycles. The number of benzene rings is 5. The van der Waals surface area contributed by atoms with E-state index in [1.165, 1.54) is 27.8 Å². The molecule has 51 heavy (non-hydrogen) atoms.